The van der Waals surface area contributed by atoms with Crippen LogP contribution < -0.4 is 5.73 Å². The van der Waals surface area contributed by atoms with Crippen molar-refractivity contribution in [3.63, 3.8) is 0 Å². The standard InChI is InChI=1S/C10H18N2O3/c1-10(2,15-7-13)12-5-3-8(4-6-12)9(11)14/h7-8H,3-6H2,1-2H3,(H2,11,14). The van der Waals surface area contributed by atoms with Crippen LogP contribution in [-0.4, -0.2) is 36.1 Å². The number of primary amides is 1. The third-order valence-corrected chi connectivity index (χ3v) is 3.00. The number of likely N-dealkylation sites (tertiary alicyclic amines) is 1. The second kappa shape index (κ2) is 4.61. The van der Waals surface area contributed by atoms with Crippen molar-refractivity contribution in [2.75, 3.05) is 13.1 Å². The molecule has 1 fully saturated rings. The van der Waals surface area contributed by atoms with Crippen molar-refractivity contribution in [2.45, 2.75) is 32.4 Å². The number of amides is 1. The Bertz CT molecular complexity index is 245. The molecule has 15 heavy (non-hydrogen) atoms. The first-order chi connectivity index (χ1) is 6.97. The molecule has 1 rings (SSSR count). The van der Waals surface area contributed by atoms with Gasteiger partial charge in [-0.15, -0.1) is 0 Å². The van der Waals surface area contributed by atoms with Crippen LogP contribution in [-0.2, 0) is 14.3 Å². The Kier molecular flexibility index (Phi) is 3.68. The molecule has 0 aromatic carbocycles. The summed E-state index contributed by atoms with van der Waals surface area (Å²) < 4.78 is 4.99. The topological polar surface area (TPSA) is 72.6 Å². The zero-order valence-electron chi connectivity index (χ0n) is 9.23. The van der Waals surface area contributed by atoms with Gasteiger partial charge in [-0.3, -0.25) is 14.5 Å². The molecule has 0 radical (unpaired) electrons. The fourth-order valence-corrected chi connectivity index (χ4v) is 1.89. The van der Waals surface area contributed by atoms with Crippen LogP contribution in [0.3, 0.4) is 0 Å². The van der Waals surface area contributed by atoms with E-state index in [-0.39, 0.29) is 11.8 Å². The van der Waals surface area contributed by atoms with Crippen LogP contribution in [0.1, 0.15) is 26.7 Å². The van der Waals surface area contributed by atoms with Crippen molar-refractivity contribution < 1.29 is 14.3 Å². The molecule has 0 aromatic rings. The zero-order valence-corrected chi connectivity index (χ0v) is 9.23. The van der Waals surface area contributed by atoms with E-state index in [1.54, 1.807) is 0 Å². The van der Waals surface area contributed by atoms with E-state index in [4.69, 9.17) is 10.5 Å². The van der Waals surface area contributed by atoms with Crippen molar-refractivity contribution in [3.05, 3.63) is 0 Å². The molecule has 1 amide bonds. The lowest BCUT2D eigenvalue weighted by Crippen LogP contribution is -2.50. The van der Waals surface area contributed by atoms with Gasteiger partial charge in [0.15, 0.2) is 5.72 Å². The molecule has 0 spiro atoms. The number of carbonyl (C=O) groups is 2. The number of nitrogens with two attached hydrogens (primary N) is 1. The van der Waals surface area contributed by atoms with Crippen molar-refractivity contribution in [2.24, 2.45) is 11.7 Å². The van der Waals surface area contributed by atoms with Crippen molar-refractivity contribution >= 4 is 12.4 Å². The highest BCUT2D eigenvalue weighted by Gasteiger charge is 2.33. The fourth-order valence-electron chi connectivity index (χ4n) is 1.89. The molecule has 0 aromatic heterocycles. The van der Waals surface area contributed by atoms with Gasteiger partial charge in [0, 0.05) is 19.0 Å². The Balaban J connectivity index is 2.49. The minimum Gasteiger partial charge on any atom is -0.446 e. The minimum atomic E-state index is -0.593. The molecule has 1 aliphatic heterocycles. The zero-order chi connectivity index (χ0) is 11.5. The van der Waals surface area contributed by atoms with Gasteiger partial charge in [0.1, 0.15) is 0 Å². The molecule has 0 atom stereocenters. The number of piperidine rings is 1. The van der Waals surface area contributed by atoms with Crippen LogP contribution in [0, 0.1) is 5.92 Å². The summed E-state index contributed by atoms with van der Waals surface area (Å²) in [4.78, 5) is 23.3. The Hall–Kier alpha value is -1.10. The molecule has 5 nitrogen and oxygen atoms in total. The van der Waals surface area contributed by atoms with E-state index < -0.39 is 5.72 Å². The summed E-state index contributed by atoms with van der Waals surface area (Å²) in [6.45, 7) is 5.60. The molecule has 0 aliphatic carbocycles. The molecule has 0 saturated carbocycles. The van der Waals surface area contributed by atoms with Crippen molar-refractivity contribution in [1.82, 2.24) is 4.90 Å². The van der Waals surface area contributed by atoms with Gasteiger partial charge in [-0.2, -0.15) is 0 Å². The van der Waals surface area contributed by atoms with Gasteiger partial charge < -0.3 is 10.5 Å². The second-order valence-electron chi connectivity index (χ2n) is 4.32. The highest BCUT2D eigenvalue weighted by molar-refractivity contribution is 5.76. The van der Waals surface area contributed by atoms with E-state index in [1.165, 1.54) is 0 Å². The maximum Gasteiger partial charge on any atom is 0.294 e. The first kappa shape index (κ1) is 12.0. The van der Waals surface area contributed by atoms with Gasteiger partial charge in [0.2, 0.25) is 5.91 Å². The van der Waals surface area contributed by atoms with Crippen molar-refractivity contribution in [3.8, 4) is 0 Å². The lowest BCUT2D eigenvalue weighted by Gasteiger charge is -2.40. The van der Waals surface area contributed by atoms with E-state index in [0.717, 1.165) is 25.9 Å². The quantitative estimate of drug-likeness (QED) is 0.673. The molecule has 5 heteroatoms. The first-order valence-electron chi connectivity index (χ1n) is 5.13. The number of ether oxygens (including phenoxy) is 1. The lowest BCUT2D eigenvalue weighted by atomic mass is 9.95. The predicted molar refractivity (Wildman–Crippen MR) is 54.7 cm³/mol. The summed E-state index contributed by atoms with van der Waals surface area (Å²) in [6.07, 6.45) is 1.47. The van der Waals surface area contributed by atoms with E-state index in [9.17, 15) is 9.59 Å². The van der Waals surface area contributed by atoms with E-state index in [2.05, 4.69) is 0 Å². The number of hydrogen-bond donors (Lipinski definition) is 1. The average molecular weight is 214 g/mol. The van der Waals surface area contributed by atoms with Gasteiger partial charge in [0.05, 0.1) is 0 Å². The third-order valence-electron chi connectivity index (χ3n) is 3.00. The fraction of sp³-hybridized carbons (Fsp3) is 0.800. The van der Waals surface area contributed by atoms with E-state index >= 15 is 0 Å². The highest BCUT2D eigenvalue weighted by atomic mass is 16.6. The molecule has 0 unspecified atom stereocenters. The van der Waals surface area contributed by atoms with Gasteiger partial charge >= 0.3 is 0 Å². The summed E-state index contributed by atoms with van der Waals surface area (Å²) in [7, 11) is 0. The summed E-state index contributed by atoms with van der Waals surface area (Å²) in [5, 5.41) is 0. The number of hydrogen-bond acceptors (Lipinski definition) is 4. The van der Waals surface area contributed by atoms with Crippen LogP contribution >= 0.6 is 0 Å². The molecule has 1 aliphatic rings. The molecule has 1 heterocycles. The Morgan fingerprint density at radius 1 is 1.47 bits per heavy atom. The molecule has 2 N–H and O–H groups in total. The summed E-state index contributed by atoms with van der Waals surface area (Å²) in [5.74, 6) is -0.267. The Labute approximate surface area is 89.6 Å². The van der Waals surface area contributed by atoms with E-state index in [0.29, 0.717) is 6.47 Å². The molecular formula is C10H18N2O3. The number of rotatable bonds is 4. The summed E-state index contributed by atoms with van der Waals surface area (Å²) in [6, 6.07) is 0. The Morgan fingerprint density at radius 3 is 2.40 bits per heavy atom. The monoisotopic (exact) mass is 214 g/mol. The maximum absolute atomic E-state index is 11.0. The third kappa shape index (κ3) is 2.92. The SMILES string of the molecule is CC(C)(OC=O)N1CCC(C(N)=O)CC1. The highest BCUT2D eigenvalue weighted by Crippen LogP contribution is 2.24. The van der Waals surface area contributed by atoms with E-state index in [1.807, 2.05) is 18.7 Å². The maximum atomic E-state index is 11.0. The summed E-state index contributed by atoms with van der Waals surface area (Å²) >= 11 is 0. The minimum absolute atomic E-state index is 0.0340. The van der Waals surface area contributed by atoms with Crippen LogP contribution in [0.5, 0.6) is 0 Å². The normalized spacial score (nSPS) is 19.9. The second-order valence-corrected chi connectivity index (χ2v) is 4.32. The van der Waals surface area contributed by atoms with Crippen LogP contribution in [0.25, 0.3) is 0 Å². The number of nitrogens with zero attached hydrogens (tertiary/aromatic N) is 1. The summed E-state index contributed by atoms with van der Waals surface area (Å²) in [5.41, 5.74) is 4.64. The Morgan fingerprint density at radius 2 is 2.00 bits per heavy atom. The molecular weight excluding hydrogens is 196 g/mol. The smallest absolute Gasteiger partial charge is 0.294 e. The van der Waals surface area contributed by atoms with Crippen LogP contribution in [0.15, 0.2) is 0 Å². The number of carbonyl (C=O) groups excluding carboxylic acids is 2. The first-order valence-corrected chi connectivity index (χ1v) is 5.13. The van der Waals surface area contributed by atoms with Crippen LogP contribution in [0.2, 0.25) is 0 Å². The lowest BCUT2D eigenvalue weighted by molar-refractivity contribution is -0.165. The van der Waals surface area contributed by atoms with Gasteiger partial charge in [-0.05, 0) is 26.7 Å². The molecule has 0 bridgehead atoms. The van der Waals surface area contributed by atoms with Gasteiger partial charge in [-0.25, -0.2) is 0 Å². The van der Waals surface area contributed by atoms with Crippen LogP contribution in [0.4, 0.5) is 0 Å². The van der Waals surface area contributed by atoms with Crippen molar-refractivity contribution in [1.29, 1.82) is 0 Å². The molecule has 1 saturated heterocycles. The van der Waals surface area contributed by atoms with Gasteiger partial charge in [-0.1, -0.05) is 0 Å². The average Bonchev–Trinajstić information content (AvgIpc) is 2.18. The predicted octanol–water partition coefficient (Wildman–Crippen LogP) is 0.0928. The largest absolute Gasteiger partial charge is 0.446 e. The van der Waals surface area contributed by atoms with Gasteiger partial charge in [0.25, 0.3) is 6.47 Å². The molecule has 86 valence electrons.